The van der Waals surface area contributed by atoms with Gasteiger partial charge >= 0.3 is 18.2 Å². The van der Waals surface area contributed by atoms with Gasteiger partial charge in [-0.15, -0.1) is 11.3 Å². The van der Waals surface area contributed by atoms with Gasteiger partial charge in [0.1, 0.15) is 36.1 Å². The maximum absolute atomic E-state index is 16.9. The molecule has 3 aromatic heterocycles. The van der Waals surface area contributed by atoms with E-state index >= 15 is 4.39 Å². The highest BCUT2D eigenvalue weighted by Crippen LogP contribution is 2.45. The number of pyridine rings is 1. The van der Waals surface area contributed by atoms with Crippen LogP contribution in [0.25, 0.3) is 33.4 Å². The van der Waals surface area contributed by atoms with Gasteiger partial charge in [-0.05, 0) is 83.7 Å². The summed E-state index contributed by atoms with van der Waals surface area (Å²) in [5.74, 6) is -3.13. The number of esters is 1. The lowest BCUT2D eigenvalue weighted by molar-refractivity contribution is -0.155. The maximum Gasteiger partial charge on any atom is 0.410 e. The number of nitrogens with zero attached hydrogens (tertiary/aromatic N) is 7. The molecule has 2 saturated heterocycles. The molecule has 16 nitrogen and oxygen atoms in total. The Morgan fingerprint density at radius 2 is 1.76 bits per heavy atom. The molecule has 0 aliphatic carbocycles. The standard InChI is InChI=1S/C50H67F4N9O7S/c1-28(2)42(60(10)47(67)70-48(4,5)6)44(64)57-37-22-40-56-38(25-71-40)32-20-31-34(23-49(7,8)27-69-46(66)36-13-12-14-63(58-36)45(37)65)43(62(26-50(52,53)54)39(31)21-35(32)51)33-19-30(24-55-41(33)29(3)68-11)61-17-15-59(9)16-18-61/h19-21,24-25,28-29,36-37,42,58H,12-18,22-23,26-27H2,1-11H3,(H,57,64)/t29-,36-,37-,42-/m0/s1. The molecule has 7 rings (SSSR count). The number of benzene rings is 1. The summed E-state index contributed by atoms with van der Waals surface area (Å²) in [7, 11) is 4.97. The molecule has 3 aliphatic heterocycles. The molecule has 6 bridgehead atoms. The van der Waals surface area contributed by atoms with Crippen LogP contribution in [0.4, 0.5) is 28.0 Å². The molecule has 3 aliphatic rings. The molecule has 2 fully saturated rings. The summed E-state index contributed by atoms with van der Waals surface area (Å²) in [6, 6.07) is 1.16. The number of nitrogens with one attached hydrogen (secondary N) is 2. The molecule has 0 spiro atoms. The van der Waals surface area contributed by atoms with Crippen molar-refractivity contribution in [3.63, 3.8) is 0 Å². The molecule has 388 valence electrons. The summed E-state index contributed by atoms with van der Waals surface area (Å²) in [5.41, 5.74) is 3.53. The molecule has 0 radical (unpaired) electrons. The Balaban J connectivity index is 1.40. The summed E-state index contributed by atoms with van der Waals surface area (Å²) in [5, 5.41) is 6.40. The fourth-order valence-electron chi connectivity index (χ4n) is 9.53. The van der Waals surface area contributed by atoms with Gasteiger partial charge in [0.2, 0.25) is 5.91 Å². The molecule has 3 amide bonds. The number of fused-ring (bicyclic) bond motifs is 6. The van der Waals surface area contributed by atoms with Gasteiger partial charge in [0.05, 0.1) is 52.2 Å². The number of carbonyl (C=O) groups excluding carboxylic acids is 4. The number of anilines is 1. The van der Waals surface area contributed by atoms with E-state index in [1.165, 1.54) is 30.1 Å². The van der Waals surface area contributed by atoms with Crippen LogP contribution in [0.15, 0.2) is 29.8 Å². The van der Waals surface area contributed by atoms with E-state index in [-0.39, 0.29) is 48.5 Å². The highest BCUT2D eigenvalue weighted by atomic mass is 32.1. The number of hydrogen-bond acceptors (Lipinski definition) is 13. The molecule has 4 atom stereocenters. The second kappa shape index (κ2) is 21.0. The molecule has 71 heavy (non-hydrogen) atoms. The first-order valence-corrected chi connectivity index (χ1v) is 24.9. The Hall–Kier alpha value is -5.38. The fraction of sp³-hybridized carbons (Fsp3) is 0.600. The molecule has 2 N–H and O–H groups in total. The summed E-state index contributed by atoms with van der Waals surface area (Å²) in [6.45, 7) is 15.5. The van der Waals surface area contributed by atoms with E-state index in [9.17, 15) is 32.3 Å². The number of rotatable bonds is 9. The van der Waals surface area contributed by atoms with E-state index in [0.717, 1.165) is 35.1 Å². The Kier molecular flexibility index (Phi) is 15.8. The first-order chi connectivity index (χ1) is 33.2. The molecule has 0 saturated carbocycles. The molecular formula is C50H67F4N9O7S. The second-order valence-corrected chi connectivity index (χ2v) is 22.0. The van der Waals surface area contributed by atoms with Crippen molar-refractivity contribution in [3.8, 4) is 22.5 Å². The third-order valence-corrected chi connectivity index (χ3v) is 14.0. The average Bonchev–Trinajstić information content (AvgIpc) is 3.86. The fourth-order valence-corrected chi connectivity index (χ4v) is 10.4. The van der Waals surface area contributed by atoms with E-state index in [4.69, 9.17) is 24.2 Å². The molecule has 6 heterocycles. The number of piperazine rings is 1. The zero-order valence-electron chi connectivity index (χ0n) is 42.5. The average molecular weight is 1010 g/mol. The van der Waals surface area contributed by atoms with Gasteiger partial charge in [0.15, 0.2) is 0 Å². The van der Waals surface area contributed by atoms with Gasteiger partial charge in [-0.3, -0.25) is 29.3 Å². The number of amides is 3. The minimum Gasteiger partial charge on any atom is -0.464 e. The topological polar surface area (TPSA) is 164 Å². The summed E-state index contributed by atoms with van der Waals surface area (Å²) < 4.78 is 80.3. The number of hydrazine groups is 1. The lowest BCUT2D eigenvalue weighted by Gasteiger charge is -2.36. The quantitative estimate of drug-likeness (QED) is 0.125. The first kappa shape index (κ1) is 53.4. The number of hydrogen-bond donors (Lipinski definition) is 2. The normalized spacial score (nSPS) is 20.4. The van der Waals surface area contributed by atoms with Crippen LogP contribution in [-0.4, -0.2) is 144 Å². The molecule has 4 aromatic rings. The van der Waals surface area contributed by atoms with Gasteiger partial charge in [0, 0.05) is 80.6 Å². The largest absolute Gasteiger partial charge is 0.464 e. The third-order valence-electron chi connectivity index (χ3n) is 13.2. The van der Waals surface area contributed by atoms with E-state index in [1.807, 2.05) is 27.0 Å². The first-order valence-electron chi connectivity index (χ1n) is 24.1. The molecular weight excluding hydrogens is 947 g/mol. The SMILES string of the molecule is CO[C@@H](C)c1ncc(N2CCN(C)CC2)cc1-c1c2c3cc(c(F)cc3n1CC(F)(F)F)-c1csc(n1)C[C@H](NC(=O)[C@H](C(C)C)N(C)C(=O)OC(C)(C)C)C(=O)N1CCC[C@H](N1)C(=O)OCC(C)(C)C2. The van der Waals surface area contributed by atoms with Crippen LogP contribution in [0.2, 0.25) is 0 Å². The summed E-state index contributed by atoms with van der Waals surface area (Å²) >= 11 is 1.11. The number of methoxy groups -OCH3 is 1. The number of cyclic esters (lactones) is 1. The van der Waals surface area contributed by atoms with Crippen molar-refractivity contribution in [2.24, 2.45) is 11.3 Å². The number of likely N-dealkylation sites (N-methyl/N-ethyl adjacent to an activating group) is 2. The third kappa shape index (κ3) is 12.3. The van der Waals surface area contributed by atoms with Crippen molar-refractivity contribution in [2.75, 3.05) is 65.4 Å². The highest BCUT2D eigenvalue weighted by molar-refractivity contribution is 7.10. The van der Waals surface area contributed by atoms with Gasteiger partial charge < -0.3 is 33.9 Å². The van der Waals surface area contributed by atoms with E-state index in [0.29, 0.717) is 58.8 Å². The van der Waals surface area contributed by atoms with Crippen molar-refractivity contribution < 1.29 is 51.0 Å². The maximum atomic E-state index is 16.9. The number of ether oxygens (including phenoxy) is 3. The van der Waals surface area contributed by atoms with Gasteiger partial charge in [-0.1, -0.05) is 27.7 Å². The van der Waals surface area contributed by atoms with E-state index in [2.05, 4.69) is 20.5 Å². The van der Waals surface area contributed by atoms with Crippen molar-refractivity contribution in [1.29, 1.82) is 0 Å². The number of carbonyl (C=O) groups is 4. The Bertz CT molecular complexity index is 2620. The van der Waals surface area contributed by atoms with Crippen LogP contribution < -0.4 is 15.6 Å². The van der Waals surface area contributed by atoms with E-state index < -0.39 is 83.6 Å². The van der Waals surface area contributed by atoms with Crippen molar-refractivity contribution in [2.45, 2.75) is 124 Å². The van der Waals surface area contributed by atoms with Crippen LogP contribution in [0.5, 0.6) is 0 Å². The van der Waals surface area contributed by atoms with Crippen LogP contribution >= 0.6 is 11.3 Å². The number of halogens is 4. The van der Waals surface area contributed by atoms with Gasteiger partial charge in [-0.2, -0.15) is 13.2 Å². The second-order valence-electron chi connectivity index (χ2n) is 21.1. The van der Waals surface area contributed by atoms with Crippen LogP contribution in [0.3, 0.4) is 0 Å². The van der Waals surface area contributed by atoms with Crippen LogP contribution in [0.1, 0.15) is 90.6 Å². The molecule has 0 unspecified atom stereocenters. The predicted molar refractivity (Wildman–Crippen MR) is 262 cm³/mol. The van der Waals surface area contributed by atoms with Gasteiger partial charge in [-0.25, -0.2) is 19.6 Å². The van der Waals surface area contributed by atoms with Crippen LogP contribution in [-0.2, 0) is 48.0 Å². The minimum absolute atomic E-state index is 0.00316. The Morgan fingerprint density at radius 3 is 2.41 bits per heavy atom. The monoisotopic (exact) mass is 1010 g/mol. The van der Waals surface area contributed by atoms with E-state index in [1.54, 1.807) is 53.1 Å². The zero-order valence-corrected chi connectivity index (χ0v) is 43.3. The van der Waals surface area contributed by atoms with Gasteiger partial charge in [0.25, 0.3) is 5.91 Å². The Labute approximate surface area is 416 Å². The smallest absolute Gasteiger partial charge is 0.410 e. The predicted octanol–water partition coefficient (Wildman–Crippen LogP) is 7.53. The lowest BCUT2D eigenvalue weighted by atomic mass is 9.84. The molecule has 1 aromatic carbocycles. The van der Waals surface area contributed by atoms with Crippen molar-refractivity contribution in [3.05, 3.63) is 51.9 Å². The zero-order chi connectivity index (χ0) is 51.9. The molecule has 21 heteroatoms. The number of alkyl halides is 3. The van der Waals surface area contributed by atoms with Crippen molar-refractivity contribution in [1.82, 2.24) is 40.1 Å². The highest BCUT2D eigenvalue weighted by Gasteiger charge is 2.40. The van der Waals surface area contributed by atoms with Crippen LogP contribution in [0, 0.1) is 17.2 Å². The Morgan fingerprint density at radius 1 is 1.06 bits per heavy atom. The summed E-state index contributed by atoms with van der Waals surface area (Å²) in [6.07, 6.45) is -3.79. The number of thiazole rings is 1. The number of aromatic nitrogens is 3. The van der Waals surface area contributed by atoms with Crippen molar-refractivity contribution >= 4 is 51.8 Å². The summed E-state index contributed by atoms with van der Waals surface area (Å²) in [4.78, 5) is 71.2. The lowest BCUT2D eigenvalue weighted by Crippen LogP contribution is -2.62. The minimum atomic E-state index is -4.74.